The lowest BCUT2D eigenvalue weighted by Gasteiger charge is -2.43. The van der Waals surface area contributed by atoms with E-state index < -0.39 is 25.3 Å². The number of hydrogen-bond donors (Lipinski definition) is 2. The molecule has 0 saturated carbocycles. The van der Waals surface area contributed by atoms with Crippen LogP contribution in [0, 0.1) is 30.4 Å². The molecule has 2 aliphatic rings. The van der Waals surface area contributed by atoms with Crippen LogP contribution in [0.3, 0.4) is 0 Å². The largest absolute Gasteiger partial charge is 0.444 e. The number of fused-ring (bicyclic) bond motifs is 1. The average molecular weight is 870 g/mol. The number of halogens is 2. The van der Waals surface area contributed by atoms with Gasteiger partial charge >= 0.3 is 6.09 Å². The number of aryl methyl sites for hydroxylation is 2. The first-order valence-electron chi connectivity index (χ1n) is 21.8. The van der Waals surface area contributed by atoms with Crippen LogP contribution in [0.5, 0.6) is 0 Å². The van der Waals surface area contributed by atoms with E-state index >= 15 is 8.78 Å². The van der Waals surface area contributed by atoms with Gasteiger partial charge in [-0.15, -0.1) is 0 Å². The van der Waals surface area contributed by atoms with E-state index in [0.29, 0.717) is 65.4 Å². The normalized spacial score (nSPS) is 15.5. The first kappa shape index (κ1) is 44.8. The Kier molecular flexibility index (Phi) is 13.5. The third kappa shape index (κ3) is 10.7. The number of hydrogen-bond acceptors (Lipinski definition) is 9. The second kappa shape index (κ2) is 18.6. The van der Waals surface area contributed by atoms with Gasteiger partial charge < -0.3 is 29.9 Å². The smallest absolute Gasteiger partial charge is 0.410 e. The predicted octanol–water partition coefficient (Wildman–Crippen LogP) is 8.77. The van der Waals surface area contributed by atoms with Gasteiger partial charge in [0.2, 0.25) is 0 Å². The Morgan fingerprint density at radius 1 is 0.968 bits per heavy atom. The highest BCUT2D eigenvalue weighted by Gasteiger charge is 2.35. The maximum Gasteiger partial charge on any atom is 0.410 e. The van der Waals surface area contributed by atoms with Crippen LogP contribution in [-0.4, -0.2) is 105 Å². The van der Waals surface area contributed by atoms with Gasteiger partial charge in [0.1, 0.15) is 12.3 Å². The monoisotopic (exact) mass is 869 g/mol. The van der Waals surface area contributed by atoms with E-state index in [4.69, 9.17) is 9.47 Å². The van der Waals surface area contributed by atoms with Crippen LogP contribution in [-0.2, 0) is 22.6 Å². The summed E-state index contributed by atoms with van der Waals surface area (Å²) in [7, 11) is -1.24. The van der Waals surface area contributed by atoms with Gasteiger partial charge in [-0.25, -0.2) is 28.2 Å². The molecule has 2 fully saturated rings. The van der Waals surface area contributed by atoms with Crippen molar-refractivity contribution >= 4 is 37.2 Å². The van der Waals surface area contributed by atoms with Crippen LogP contribution in [0.2, 0.25) is 25.7 Å². The molecule has 2 amide bonds. The zero-order chi connectivity index (χ0) is 44.3. The quantitative estimate of drug-likeness (QED) is 0.0784. The van der Waals surface area contributed by atoms with E-state index in [1.165, 1.54) is 6.20 Å². The van der Waals surface area contributed by atoms with Crippen molar-refractivity contribution in [1.29, 1.82) is 0 Å². The van der Waals surface area contributed by atoms with Crippen molar-refractivity contribution in [3.05, 3.63) is 83.6 Å². The number of nitrogens with zero attached hydrogens (tertiary/aromatic N) is 7. The molecule has 332 valence electrons. The molecule has 5 heterocycles. The molecule has 0 spiro atoms. The molecule has 5 aromatic rings. The highest BCUT2D eigenvalue weighted by Crippen LogP contribution is 2.34. The third-order valence-corrected chi connectivity index (χ3v) is 13.3. The number of amides is 2. The summed E-state index contributed by atoms with van der Waals surface area (Å²) in [5, 5.41) is 11.0. The molecule has 62 heavy (non-hydrogen) atoms. The fourth-order valence-corrected chi connectivity index (χ4v) is 8.86. The van der Waals surface area contributed by atoms with Crippen LogP contribution < -0.4 is 10.6 Å². The van der Waals surface area contributed by atoms with Crippen LogP contribution in [0.25, 0.3) is 28.0 Å². The first-order chi connectivity index (χ1) is 29.5. The Bertz CT molecular complexity index is 2390. The number of ether oxygens (including phenoxy) is 2. The predicted molar refractivity (Wildman–Crippen MR) is 240 cm³/mol. The Balaban J connectivity index is 0.942. The standard InChI is InChI=1S/C46H61F2N9O4Si/c1-9-33-22-34(10-11-35(33)44(58)51-23-31-14-17-54(18-15-31)25-32-26-55(27-32)45(59)61-46(3,4)5)52-42-43-50-24-39(57(43)19-16-49-42)37-13-12-36(40(47)41(37)48)38-28-56(53-30(38)2)29-60-20-21-62(6,7)8/h10-13,16,19,22,24,28,31-32H,9,14-15,17-18,20-21,23,25-27,29H2,1-8H3,(H,49,52)(H,51,58). The van der Waals surface area contributed by atoms with Gasteiger partial charge in [-0.1, -0.05) is 32.6 Å². The molecule has 0 atom stereocenters. The van der Waals surface area contributed by atoms with Crippen molar-refractivity contribution in [2.45, 2.75) is 91.9 Å². The van der Waals surface area contributed by atoms with Crippen molar-refractivity contribution in [3.8, 4) is 22.4 Å². The van der Waals surface area contributed by atoms with Crippen molar-refractivity contribution in [3.63, 3.8) is 0 Å². The number of carbonyl (C=O) groups excluding carboxylic acids is 2. The molecule has 2 aliphatic heterocycles. The van der Waals surface area contributed by atoms with E-state index in [2.05, 4.69) is 50.2 Å². The maximum absolute atomic E-state index is 15.9. The van der Waals surface area contributed by atoms with Gasteiger partial charge in [0, 0.05) is 93.3 Å². The molecule has 2 aromatic carbocycles. The van der Waals surface area contributed by atoms with E-state index in [1.54, 1.807) is 51.6 Å². The fraction of sp³-hybridized carbons (Fsp3) is 0.500. The van der Waals surface area contributed by atoms with Gasteiger partial charge in [-0.3, -0.25) is 9.20 Å². The van der Waals surface area contributed by atoms with Crippen molar-refractivity contribution in [2.75, 3.05) is 51.2 Å². The summed E-state index contributed by atoms with van der Waals surface area (Å²) in [4.78, 5) is 39.0. The topological polar surface area (TPSA) is 131 Å². The van der Waals surface area contributed by atoms with Crippen LogP contribution in [0.1, 0.15) is 62.2 Å². The van der Waals surface area contributed by atoms with Gasteiger partial charge in [0.05, 0.1) is 17.6 Å². The second-order valence-corrected chi connectivity index (χ2v) is 24.6. The van der Waals surface area contributed by atoms with Crippen LogP contribution in [0.4, 0.5) is 25.1 Å². The van der Waals surface area contributed by atoms with E-state index in [-0.39, 0.29) is 29.9 Å². The number of imidazole rings is 1. The number of aromatic nitrogens is 5. The molecule has 16 heteroatoms. The van der Waals surface area contributed by atoms with Gasteiger partial charge in [0.25, 0.3) is 5.91 Å². The lowest BCUT2D eigenvalue weighted by molar-refractivity contribution is -0.00806. The minimum Gasteiger partial charge on any atom is -0.444 e. The average Bonchev–Trinajstić information content (AvgIpc) is 3.80. The number of likely N-dealkylation sites (tertiary alicyclic amines) is 2. The summed E-state index contributed by atoms with van der Waals surface area (Å²) in [6.45, 7) is 22.2. The van der Waals surface area contributed by atoms with Crippen molar-refractivity contribution in [1.82, 2.24) is 39.3 Å². The zero-order valence-corrected chi connectivity index (χ0v) is 38.4. The molecule has 0 unspecified atom stereocenters. The Hall–Kier alpha value is -5.19. The Morgan fingerprint density at radius 2 is 1.69 bits per heavy atom. The molecular formula is C46H61F2N9O4Si. The van der Waals surface area contributed by atoms with Crippen molar-refractivity contribution < 1.29 is 27.8 Å². The lowest BCUT2D eigenvalue weighted by atomic mass is 9.94. The summed E-state index contributed by atoms with van der Waals surface area (Å²) in [6, 6.07) is 9.75. The molecule has 0 bridgehead atoms. The highest BCUT2D eigenvalue weighted by molar-refractivity contribution is 6.76. The van der Waals surface area contributed by atoms with Gasteiger partial charge in [0.15, 0.2) is 23.1 Å². The number of rotatable bonds is 15. The number of anilines is 2. The summed E-state index contributed by atoms with van der Waals surface area (Å²) >= 11 is 0. The number of carbonyl (C=O) groups is 2. The molecular weight excluding hydrogens is 809 g/mol. The summed E-state index contributed by atoms with van der Waals surface area (Å²) in [5.41, 5.74) is 3.79. The number of piperidine rings is 1. The fourth-order valence-electron chi connectivity index (χ4n) is 8.10. The Labute approximate surface area is 364 Å². The lowest BCUT2D eigenvalue weighted by Crippen LogP contribution is -2.55. The van der Waals surface area contributed by atoms with E-state index in [1.807, 2.05) is 45.9 Å². The molecule has 2 saturated heterocycles. The minimum absolute atomic E-state index is 0.0617. The molecule has 0 radical (unpaired) electrons. The molecule has 7 rings (SSSR count). The van der Waals surface area contributed by atoms with Crippen molar-refractivity contribution in [2.24, 2.45) is 11.8 Å². The molecule has 13 nitrogen and oxygen atoms in total. The first-order valence-corrected chi connectivity index (χ1v) is 25.5. The minimum atomic E-state index is -1.24. The van der Waals surface area contributed by atoms with E-state index in [9.17, 15) is 9.59 Å². The molecule has 0 aliphatic carbocycles. The van der Waals surface area contributed by atoms with Gasteiger partial charge in [-0.05, 0) is 102 Å². The third-order valence-electron chi connectivity index (χ3n) is 11.6. The van der Waals surface area contributed by atoms with Gasteiger partial charge in [-0.2, -0.15) is 5.10 Å². The number of benzene rings is 2. The summed E-state index contributed by atoms with van der Waals surface area (Å²) < 4.78 is 46.3. The second-order valence-electron chi connectivity index (χ2n) is 19.0. The maximum atomic E-state index is 15.9. The summed E-state index contributed by atoms with van der Waals surface area (Å²) in [6.07, 6.45) is 8.86. The zero-order valence-electron chi connectivity index (χ0n) is 37.4. The molecule has 2 N–H and O–H groups in total. The summed E-state index contributed by atoms with van der Waals surface area (Å²) in [5.74, 6) is -0.763. The highest BCUT2D eigenvalue weighted by atomic mass is 28.3. The molecule has 3 aromatic heterocycles. The van der Waals surface area contributed by atoms with Crippen LogP contribution in [0.15, 0.2) is 55.1 Å². The Morgan fingerprint density at radius 3 is 2.40 bits per heavy atom. The SMILES string of the molecule is CCc1cc(Nc2nccn3c(-c4ccc(-c5cn(COCC[Si](C)(C)C)nc5C)c(F)c4F)cnc23)ccc1C(=O)NCC1CCN(CC2CN(C(=O)OC(C)(C)C)C2)CC1. The van der Waals surface area contributed by atoms with E-state index in [0.717, 1.165) is 62.9 Å². The number of nitrogens with one attached hydrogen (secondary N) is 2. The van der Waals surface area contributed by atoms with Crippen LogP contribution >= 0.6 is 0 Å².